The lowest BCUT2D eigenvalue weighted by molar-refractivity contribution is -0.122. The highest BCUT2D eigenvalue weighted by atomic mass is 16.5. The lowest BCUT2D eigenvalue weighted by Crippen LogP contribution is -2.28. The van der Waals surface area contributed by atoms with Crippen molar-refractivity contribution in [1.29, 1.82) is 0 Å². The van der Waals surface area contributed by atoms with Crippen LogP contribution in [0.3, 0.4) is 0 Å². The van der Waals surface area contributed by atoms with Gasteiger partial charge in [-0.05, 0) is 24.3 Å². The van der Waals surface area contributed by atoms with Gasteiger partial charge in [0.2, 0.25) is 11.8 Å². The molecule has 0 aromatic heterocycles. The minimum absolute atomic E-state index is 0.0570. The molecule has 0 bridgehead atoms. The van der Waals surface area contributed by atoms with E-state index in [1.54, 1.807) is 49.6 Å². The molecule has 1 saturated heterocycles. The Bertz CT molecular complexity index is 943. The zero-order valence-electron chi connectivity index (χ0n) is 16.4. The number of ether oxygens (including phenoxy) is 3. The molecule has 1 atom stereocenters. The van der Waals surface area contributed by atoms with E-state index in [0.717, 1.165) is 0 Å². The predicted octanol–water partition coefficient (Wildman–Crippen LogP) is 2.48. The van der Waals surface area contributed by atoms with E-state index in [9.17, 15) is 14.4 Å². The number of nitrogens with zero attached hydrogens (tertiary/aromatic N) is 1. The van der Waals surface area contributed by atoms with Crippen molar-refractivity contribution in [2.24, 2.45) is 5.92 Å². The summed E-state index contributed by atoms with van der Waals surface area (Å²) in [6, 6.07) is 11.7. The van der Waals surface area contributed by atoms with Gasteiger partial charge in [0.05, 0.1) is 44.2 Å². The van der Waals surface area contributed by atoms with E-state index >= 15 is 0 Å². The van der Waals surface area contributed by atoms with Gasteiger partial charge >= 0.3 is 5.97 Å². The molecule has 2 amide bonds. The number of carbonyl (C=O) groups is 3. The van der Waals surface area contributed by atoms with E-state index in [-0.39, 0.29) is 30.3 Å². The third kappa shape index (κ3) is 4.16. The average molecular weight is 398 g/mol. The smallest absolute Gasteiger partial charge is 0.339 e. The summed E-state index contributed by atoms with van der Waals surface area (Å²) < 4.78 is 15.3. The fourth-order valence-corrected chi connectivity index (χ4v) is 3.24. The van der Waals surface area contributed by atoms with Gasteiger partial charge in [0, 0.05) is 19.0 Å². The summed E-state index contributed by atoms with van der Waals surface area (Å²) in [5.41, 5.74) is 1.17. The van der Waals surface area contributed by atoms with Gasteiger partial charge in [-0.15, -0.1) is 0 Å². The third-order valence-electron chi connectivity index (χ3n) is 4.76. The van der Waals surface area contributed by atoms with Gasteiger partial charge in [-0.2, -0.15) is 0 Å². The summed E-state index contributed by atoms with van der Waals surface area (Å²) in [7, 11) is 4.32. The van der Waals surface area contributed by atoms with Crippen LogP contribution in [0.2, 0.25) is 0 Å². The van der Waals surface area contributed by atoms with Gasteiger partial charge in [-0.3, -0.25) is 9.59 Å². The Morgan fingerprint density at radius 1 is 1.07 bits per heavy atom. The van der Waals surface area contributed by atoms with Crippen LogP contribution in [0.25, 0.3) is 0 Å². The standard InChI is InChI=1S/C21H22N2O6/c1-27-14-8-9-17(18(11-14)28-2)23-12-13(10-19(23)24)20(25)22-16-7-5-4-6-15(16)21(26)29-3/h4-9,11,13H,10,12H2,1-3H3,(H,22,25). The van der Waals surface area contributed by atoms with Crippen LogP contribution in [-0.4, -0.2) is 45.7 Å². The Morgan fingerprint density at radius 3 is 2.52 bits per heavy atom. The topological polar surface area (TPSA) is 94.2 Å². The fraction of sp³-hybridized carbons (Fsp3) is 0.286. The normalized spacial score (nSPS) is 15.8. The quantitative estimate of drug-likeness (QED) is 0.752. The van der Waals surface area contributed by atoms with Gasteiger partial charge in [0.15, 0.2) is 0 Å². The third-order valence-corrected chi connectivity index (χ3v) is 4.76. The van der Waals surface area contributed by atoms with Crippen molar-refractivity contribution in [2.45, 2.75) is 6.42 Å². The van der Waals surface area contributed by atoms with E-state index < -0.39 is 11.9 Å². The van der Waals surface area contributed by atoms with Crippen LogP contribution in [0.4, 0.5) is 11.4 Å². The van der Waals surface area contributed by atoms with Crippen molar-refractivity contribution in [3.63, 3.8) is 0 Å². The first kappa shape index (κ1) is 20.2. The summed E-state index contributed by atoms with van der Waals surface area (Å²) in [4.78, 5) is 38.7. The monoisotopic (exact) mass is 398 g/mol. The molecule has 2 aromatic rings. The summed E-state index contributed by atoms with van der Waals surface area (Å²) >= 11 is 0. The fourth-order valence-electron chi connectivity index (χ4n) is 3.24. The molecule has 0 spiro atoms. The van der Waals surface area contributed by atoms with Gasteiger partial charge in [0.25, 0.3) is 0 Å². The van der Waals surface area contributed by atoms with Crippen molar-refractivity contribution >= 4 is 29.2 Å². The molecule has 29 heavy (non-hydrogen) atoms. The minimum atomic E-state index is -0.569. The first-order valence-corrected chi connectivity index (χ1v) is 8.99. The molecule has 1 aliphatic rings. The molecule has 0 aliphatic carbocycles. The summed E-state index contributed by atoms with van der Waals surface area (Å²) in [6.07, 6.45) is 0.0570. The Kier molecular flexibility index (Phi) is 6.01. The average Bonchev–Trinajstić information content (AvgIpc) is 3.14. The van der Waals surface area contributed by atoms with Gasteiger partial charge < -0.3 is 24.4 Å². The molecule has 1 unspecified atom stereocenters. The molecule has 1 heterocycles. The van der Waals surface area contributed by atoms with Crippen LogP contribution < -0.4 is 19.7 Å². The largest absolute Gasteiger partial charge is 0.497 e. The number of para-hydroxylation sites is 1. The highest BCUT2D eigenvalue weighted by Crippen LogP contribution is 2.36. The van der Waals surface area contributed by atoms with E-state index in [1.807, 2.05) is 0 Å². The van der Waals surface area contributed by atoms with Crippen LogP contribution in [0.1, 0.15) is 16.8 Å². The van der Waals surface area contributed by atoms with E-state index in [2.05, 4.69) is 5.32 Å². The van der Waals surface area contributed by atoms with E-state index in [1.165, 1.54) is 19.1 Å². The molecule has 3 rings (SSSR count). The summed E-state index contributed by atoms with van der Waals surface area (Å²) in [6.45, 7) is 0.202. The van der Waals surface area contributed by atoms with Crippen LogP contribution in [0.15, 0.2) is 42.5 Å². The molecule has 1 aliphatic heterocycles. The number of nitrogens with one attached hydrogen (secondary N) is 1. The van der Waals surface area contributed by atoms with Crippen LogP contribution in [0, 0.1) is 5.92 Å². The number of hydrogen-bond acceptors (Lipinski definition) is 6. The van der Waals surface area contributed by atoms with Crippen molar-refractivity contribution in [3.8, 4) is 11.5 Å². The SMILES string of the molecule is COC(=O)c1ccccc1NC(=O)C1CC(=O)N(c2ccc(OC)cc2OC)C1. The molecule has 1 N–H and O–H groups in total. The Labute approximate surface area is 168 Å². The maximum Gasteiger partial charge on any atom is 0.339 e. The molecule has 8 heteroatoms. The second-order valence-corrected chi connectivity index (χ2v) is 6.47. The first-order chi connectivity index (χ1) is 14.0. The van der Waals surface area contributed by atoms with E-state index in [0.29, 0.717) is 22.9 Å². The van der Waals surface area contributed by atoms with Crippen LogP contribution in [-0.2, 0) is 14.3 Å². The van der Waals surface area contributed by atoms with Crippen molar-refractivity contribution < 1.29 is 28.6 Å². The maximum absolute atomic E-state index is 12.8. The molecule has 2 aromatic carbocycles. The molecular formula is C21H22N2O6. The first-order valence-electron chi connectivity index (χ1n) is 8.99. The molecule has 0 radical (unpaired) electrons. The van der Waals surface area contributed by atoms with Gasteiger partial charge in [-0.25, -0.2) is 4.79 Å². The maximum atomic E-state index is 12.8. The number of rotatable bonds is 6. The second-order valence-electron chi connectivity index (χ2n) is 6.47. The summed E-state index contributed by atoms with van der Waals surface area (Å²) in [5, 5.41) is 2.74. The van der Waals surface area contributed by atoms with Crippen LogP contribution in [0.5, 0.6) is 11.5 Å². The molecule has 1 fully saturated rings. The Morgan fingerprint density at radius 2 is 1.83 bits per heavy atom. The second kappa shape index (κ2) is 8.64. The highest BCUT2D eigenvalue weighted by molar-refractivity contribution is 6.06. The lowest BCUT2D eigenvalue weighted by Gasteiger charge is -2.20. The number of esters is 1. The number of benzene rings is 2. The predicted molar refractivity (Wildman–Crippen MR) is 106 cm³/mol. The van der Waals surface area contributed by atoms with Gasteiger partial charge in [-0.1, -0.05) is 12.1 Å². The summed E-state index contributed by atoms with van der Waals surface area (Å²) in [5.74, 6) is -0.562. The Hall–Kier alpha value is -3.55. The molecule has 152 valence electrons. The number of anilines is 2. The molecule has 0 saturated carbocycles. The van der Waals surface area contributed by atoms with Crippen molar-refractivity contribution in [1.82, 2.24) is 0 Å². The van der Waals surface area contributed by atoms with Crippen LogP contribution >= 0.6 is 0 Å². The Balaban J connectivity index is 1.77. The minimum Gasteiger partial charge on any atom is -0.497 e. The van der Waals surface area contributed by atoms with Gasteiger partial charge in [0.1, 0.15) is 11.5 Å². The molecular weight excluding hydrogens is 376 g/mol. The zero-order chi connectivity index (χ0) is 21.0. The molecule has 8 nitrogen and oxygen atoms in total. The number of amides is 2. The lowest BCUT2D eigenvalue weighted by atomic mass is 10.1. The van der Waals surface area contributed by atoms with E-state index in [4.69, 9.17) is 14.2 Å². The van der Waals surface area contributed by atoms with Crippen molar-refractivity contribution in [3.05, 3.63) is 48.0 Å². The number of carbonyl (C=O) groups excluding carboxylic acids is 3. The zero-order valence-corrected chi connectivity index (χ0v) is 16.4. The van der Waals surface area contributed by atoms with Crippen molar-refractivity contribution in [2.75, 3.05) is 38.1 Å². The number of hydrogen-bond donors (Lipinski definition) is 1. The highest BCUT2D eigenvalue weighted by Gasteiger charge is 2.36. The number of methoxy groups -OCH3 is 3.